The molecule has 0 fully saturated rings. The summed E-state index contributed by atoms with van der Waals surface area (Å²) in [6, 6.07) is 5.32. The Labute approximate surface area is 152 Å². The number of carbonyl (C=O) groups excluding carboxylic acids is 2. The molecule has 0 bridgehead atoms. The molecule has 2 rings (SSSR count). The molecule has 0 saturated heterocycles. The summed E-state index contributed by atoms with van der Waals surface area (Å²) in [5.41, 5.74) is 3.15. The zero-order valence-electron chi connectivity index (χ0n) is 14.9. The topological polar surface area (TPSA) is 76.0 Å². The molecule has 2 N–H and O–H groups in total. The number of carbonyl (C=O) groups is 2. The Morgan fingerprint density at radius 1 is 1.24 bits per heavy atom. The van der Waals surface area contributed by atoms with Crippen LogP contribution in [0.5, 0.6) is 0 Å². The summed E-state index contributed by atoms with van der Waals surface area (Å²) >= 11 is 6.14. The van der Waals surface area contributed by atoms with Gasteiger partial charge in [-0.25, -0.2) is 0 Å². The van der Waals surface area contributed by atoms with Crippen LogP contribution in [0.2, 0.25) is 5.02 Å². The van der Waals surface area contributed by atoms with Crippen LogP contribution < -0.4 is 10.6 Å². The maximum Gasteiger partial charge on any atom is 0.277 e. The summed E-state index contributed by atoms with van der Waals surface area (Å²) in [6.45, 7) is 5.72. The van der Waals surface area contributed by atoms with Crippen LogP contribution in [0.3, 0.4) is 0 Å². The van der Waals surface area contributed by atoms with Crippen LogP contribution in [0, 0.1) is 13.8 Å². The molecule has 6 nitrogen and oxygen atoms in total. The van der Waals surface area contributed by atoms with E-state index in [-0.39, 0.29) is 17.5 Å². The number of nitrogens with zero attached hydrogens (tertiary/aromatic N) is 2. The second kappa shape index (κ2) is 8.16. The summed E-state index contributed by atoms with van der Waals surface area (Å²) in [5, 5.41) is 10.1. The number of halogens is 1. The number of hydrogen-bond acceptors (Lipinski definition) is 3. The van der Waals surface area contributed by atoms with Gasteiger partial charge in [0, 0.05) is 24.8 Å². The molecule has 0 unspecified atom stereocenters. The van der Waals surface area contributed by atoms with Gasteiger partial charge in [-0.3, -0.25) is 14.3 Å². The van der Waals surface area contributed by atoms with Crippen molar-refractivity contribution in [2.75, 3.05) is 10.6 Å². The van der Waals surface area contributed by atoms with Gasteiger partial charge in [-0.2, -0.15) is 5.10 Å². The maximum atomic E-state index is 12.4. The van der Waals surface area contributed by atoms with Crippen molar-refractivity contribution >= 4 is 34.8 Å². The van der Waals surface area contributed by atoms with E-state index in [4.69, 9.17) is 11.6 Å². The quantitative estimate of drug-likeness (QED) is 0.813. The third-order valence-electron chi connectivity index (χ3n) is 3.99. The fourth-order valence-electron chi connectivity index (χ4n) is 2.35. The third-order valence-corrected chi connectivity index (χ3v) is 4.44. The maximum absolute atomic E-state index is 12.4. The van der Waals surface area contributed by atoms with Crippen LogP contribution in [0.1, 0.15) is 47.9 Å². The van der Waals surface area contributed by atoms with Gasteiger partial charge >= 0.3 is 0 Å². The smallest absolute Gasteiger partial charge is 0.277 e. The van der Waals surface area contributed by atoms with E-state index < -0.39 is 0 Å². The lowest BCUT2D eigenvalue weighted by Crippen LogP contribution is -2.15. The zero-order chi connectivity index (χ0) is 18.6. The number of benzene rings is 1. The average Bonchev–Trinajstić information content (AvgIpc) is 2.83. The molecule has 1 aromatic carbocycles. The molecule has 0 atom stereocenters. The van der Waals surface area contributed by atoms with Gasteiger partial charge in [0.1, 0.15) is 0 Å². The van der Waals surface area contributed by atoms with Crippen molar-refractivity contribution < 1.29 is 9.59 Å². The molecule has 134 valence electrons. The molecule has 0 aliphatic rings. The van der Waals surface area contributed by atoms with Crippen molar-refractivity contribution in [2.24, 2.45) is 7.05 Å². The van der Waals surface area contributed by atoms with Crippen LogP contribution in [0.25, 0.3) is 0 Å². The van der Waals surface area contributed by atoms with E-state index >= 15 is 0 Å². The van der Waals surface area contributed by atoms with Crippen LogP contribution in [-0.2, 0) is 11.8 Å². The zero-order valence-corrected chi connectivity index (χ0v) is 15.7. The molecule has 2 amide bonds. The van der Waals surface area contributed by atoms with E-state index in [0.717, 1.165) is 29.8 Å². The first-order valence-electron chi connectivity index (χ1n) is 8.24. The molecule has 7 heteroatoms. The highest BCUT2D eigenvalue weighted by atomic mass is 35.5. The van der Waals surface area contributed by atoms with E-state index in [1.165, 1.54) is 0 Å². The van der Waals surface area contributed by atoms with Crippen LogP contribution in [0.4, 0.5) is 11.4 Å². The fourth-order valence-corrected chi connectivity index (χ4v) is 2.60. The molecule has 0 radical (unpaired) electrons. The largest absolute Gasteiger partial charge is 0.326 e. The molecule has 0 aliphatic heterocycles. The molecule has 1 aromatic heterocycles. The molecule has 1 heterocycles. The van der Waals surface area contributed by atoms with Crippen LogP contribution in [-0.4, -0.2) is 21.6 Å². The number of rotatable bonds is 6. The summed E-state index contributed by atoms with van der Waals surface area (Å²) < 4.78 is 1.57. The van der Waals surface area contributed by atoms with Crippen molar-refractivity contribution in [3.8, 4) is 0 Å². The number of aromatic nitrogens is 2. The highest BCUT2D eigenvalue weighted by molar-refractivity contribution is 6.34. The van der Waals surface area contributed by atoms with Crippen molar-refractivity contribution in [1.29, 1.82) is 0 Å². The molecular formula is C18H23ClN4O2. The van der Waals surface area contributed by atoms with E-state index in [9.17, 15) is 9.59 Å². The number of amides is 2. The minimum atomic E-state index is -0.368. The molecule has 0 spiro atoms. The van der Waals surface area contributed by atoms with Gasteiger partial charge in [0.15, 0.2) is 5.69 Å². The highest BCUT2D eigenvalue weighted by Gasteiger charge is 2.18. The molecule has 0 aliphatic carbocycles. The molecule has 0 saturated carbocycles. The van der Waals surface area contributed by atoms with Gasteiger partial charge in [0.2, 0.25) is 5.91 Å². The SMILES string of the molecule is CCCCC(=O)Nc1ccc(NC(=O)c2nn(C)c(C)c2Cl)cc1C. The highest BCUT2D eigenvalue weighted by Crippen LogP contribution is 2.23. The Bertz CT molecular complexity index is 799. The van der Waals surface area contributed by atoms with Gasteiger partial charge < -0.3 is 10.6 Å². The number of nitrogens with one attached hydrogen (secondary N) is 2. The average molecular weight is 363 g/mol. The van der Waals surface area contributed by atoms with E-state index in [1.807, 2.05) is 13.8 Å². The summed E-state index contributed by atoms with van der Waals surface area (Å²) in [4.78, 5) is 24.2. The molecule has 2 aromatic rings. The Hall–Kier alpha value is -2.34. The second-order valence-corrected chi connectivity index (χ2v) is 6.39. The lowest BCUT2D eigenvalue weighted by Gasteiger charge is -2.11. The minimum absolute atomic E-state index is 0.00234. The Kier molecular flexibility index (Phi) is 6.20. The summed E-state index contributed by atoms with van der Waals surface area (Å²) in [7, 11) is 1.73. The predicted octanol–water partition coefficient (Wildman–Crippen LogP) is 4.07. The number of aryl methyl sites for hydroxylation is 2. The van der Waals surface area contributed by atoms with Gasteiger partial charge in [-0.05, 0) is 44.0 Å². The number of anilines is 2. The monoisotopic (exact) mass is 362 g/mol. The predicted molar refractivity (Wildman–Crippen MR) is 100 cm³/mol. The summed E-state index contributed by atoms with van der Waals surface area (Å²) in [5.74, 6) is -0.370. The summed E-state index contributed by atoms with van der Waals surface area (Å²) in [6.07, 6.45) is 2.35. The van der Waals surface area contributed by atoms with Crippen molar-refractivity contribution in [2.45, 2.75) is 40.0 Å². The Balaban J connectivity index is 2.08. The molecule has 25 heavy (non-hydrogen) atoms. The Morgan fingerprint density at radius 2 is 1.96 bits per heavy atom. The minimum Gasteiger partial charge on any atom is -0.326 e. The lowest BCUT2D eigenvalue weighted by atomic mass is 10.1. The van der Waals surface area contributed by atoms with Gasteiger partial charge in [0.05, 0.1) is 10.7 Å². The van der Waals surface area contributed by atoms with Gasteiger partial charge in [0.25, 0.3) is 5.91 Å². The first-order chi connectivity index (χ1) is 11.8. The third kappa shape index (κ3) is 4.60. The van der Waals surface area contributed by atoms with E-state index in [0.29, 0.717) is 17.1 Å². The standard InChI is InChI=1S/C18H23ClN4O2/c1-5-6-7-15(24)21-14-9-8-13(10-11(14)2)20-18(25)17-16(19)12(3)23(4)22-17/h8-10H,5-7H2,1-4H3,(H,20,25)(H,21,24). The Morgan fingerprint density at radius 3 is 2.52 bits per heavy atom. The first-order valence-corrected chi connectivity index (χ1v) is 8.62. The van der Waals surface area contributed by atoms with Crippen molar-refractivity contribution in [1.82, 2.24) is 9.78 Å². The molecular weight excluding hydrogens is 340 g/mol. The van der Waals surface area contributed by atoms with Gasteiger partial charge in [-0.15, -0.1) is 0 Å². The number of hydrogen-bond donors (Lipinski definition) is 2. The van der Waals surface area contributed by atoms with E-state index in [1.54, 1.807) is 36.9 Å². The van der Waals surface area contributed by atoms with Gasteiger partial charge in [-0.1, -0.05) is 24.9 Å². The van der Waals surface area contributed by atoms with Crippen LogP contribution >= 0.6 is 11.6 Å². The van der Waals surface area contributed by atoms with E-state index in [2.05, 4.69) is 15.7 Å². The van der Waals surface area contributed by atoms with Crippen LogP contribution in [0.15, 0.2) is 18.2 Å². The second-order valence-electron chi connectivity index (χ2n) is 6.01. The first kappa shape index (κ1) is 19.0. The van der Waals surface area contributed by atoms with Crippen molar-refractivity contribution in [3.63, 3.8) is 0 Å². The normalized spacial score (nSPS) is 10.6. The number of unbranched alkanes of at least 4 members (excludes halogenated alkanes) is 1. The lowest BCUT2D eigenvalue weighted by molar-refractivity contribution is -0.116. The van der Waals surface area contributed by atoms with Crippen molar-refractivity contribution in [3.05, 3.63) is 40.2 Å². The fraction of sp³-hybridized carbons (Fsp3) is 0.389.